The summed E-state index contributed by atoms with van der Waals surface area (Å²) < 4.78 is 12.3. The van der Waals surface area contributed by atoms with Crippen LogP contribution in [0.3, 0.4) is 0 Å². The molecule has 1 aromatic carbocycles. The van der Waals surface area contributed by atoms with Gasteiger partial charge in [-0.3, -0.25) is 4.90 Å². The van der Waals surface area contributed by atoms with Crippen molar-refractivity contribution in [3.63, 3.8) is 0 Å². The summed E-state index contributed by atoms with van der Waals surface area (Å²) in [6.45, 7) is 6.68. The molecular formula is C14H20FN. The average Bonchev–Trinajstić information content (AvgIpc) is 2.28. The number of hydrogen-bond acceptors (Lipinski definition) is 1. The van der Waals surface area contributed by atoms with Gasteiger partial charge in [0.1, 0.15) is 6.67 Å². The number of nitrogens with zero attached hydrogens (tertiary/aromatic N) is 1. The van der Waals surface area contributed by atoms with Crippen molar-refractivity contribution < 1.29 is 4.39 Å². The van der Waals surface area contributed by atoms with Gasteiger partial charge in [0.15, 0.2) is 0 Å². The topological polar surface area (TPSA) is 3.24 Å². The molecule has 0 spiro atoms. The summed E-state index contributed by atoms with van der Waals surface area (Å²) in [6.07, 6.45) is 1.06. The predicted octanol–water partition coefficient (Wildman–Crippen LogP) is 3.14. The number of fused-ring (bicyclic) bond motifs is 1. The minimum Gasteiger partial charge on any atom is -0.296 e. The van der Waals surface area contributed by atoms with Gasteiger partial charge in [-0.1, -0.05) is 32.0 Å². The Hall–Kier alpha value is -0.890. The van der Waals surface area contributed by atoms with E-state index in [1.807, 2.05) is 0 Å². The molecule has 1 aliphatic rings. The van der Waals surface area contributed by atoms with E-state index in [0.717, 1.165) is 19.5 Å². The summed E-state index contributed by atoms with van der Waals surface area (Å²) >= 11 is 0. The molecule has 16 heavy (non-hydrogen) atoms. The lowest BCUT2D eigenvalue weighted by molar-refractivity contribution is 0.231. The molecule has 0 N–H and O–H groups in total. The highest BCUT2D eigenvalue weighted by atomic mass is 19.1. The Kier molecular flexibility index (Phi) is 3.59. The van der Waals surface area contributed by atoms with E-state index in [4.69, 9.17) is 0 Å². The Balaban J connectivity index is 2.18. The van der Waals surface area contributed by atoms with E-state index in [1.165, 1.54) is 16.7 Å². The van der Waals surface area contributed by atoms with Crippen LogP contribution in [0.25, 0.3) is 0 Å². The largest absolute Gasteiger partial charge is 0.296 e. The van der Waals surface area contributed by atoms with Crippen molar-refractivity contribution in [3.8, 4) is 0 Å². The first kappa shape index (κ1) is 11.6. The SMILES string of the molecule is CC(C)c1ccc2c(c1)CN(CCF)CC2. The van der Waals surface area contributed by atoms with Gasteiger partial charge in [-0.05, 0) is 29.0 Å². The molecule has 0 saturated carbocycles. The van der Waals surface area contributed by atoms with Crippen molar-refractivity contribution in [2.45, 2.75) is 32.7 Å². The molecule has 0 atom stereocenters. The van der Waals surface area contributed by atoms with Crippen LogP contribution in [0.4, 0.5) is 4.39 Å². The standard InChI is InChI=1S/C14H20FN/c1-11(2)13-4-3-12-5-7-16(8-6-15)10-14(12)9-13/h3-4,9,11H,5-8,10H2,1-2H3. The van der Waals surface area contributed by atoms with E-state index in [9.17, 15) is 4.39 Å². The molecule has 1 nitrogen and oxygen atoms in total. The van der Waals surface area contributed by atoms with Crippen LogP contribution in [-0.2, 0) is 13.0 Å². The van der Waals surface area contributed by atoms with Crippen LogP contribution in [0.2, 0.25) is 0 Å². The van der Waals surface area contributed by atoms with Crippen LogP contribution in [0.5, 0.6) is 0 Å². The zero-order valence-corrected chi connectivity index (χ0v) is 10.2. The summed E-state index contributed by atoms with van der Waals surface area (Å²) in [6, 6.07) is 6.77. The lowest BCUT2D eigenvalue weighted by atomic mass is 9.93. The molecule has 1 aliphatic heterocycles. The van der Waals surface area contributed by atoms with Crippen molar-refractivity contribution >= 4 is 0 Å². The lowest BCUT2D eigenvalue weighted by Crippen LogP contribution is -2.32. The molecule has 1 heterocycles. The summed E-state index contributed by atoms with van der Waals surface area (Å²) in [5.41, 5.74) is 4.23. The monoisotopic (exact) mass is 221 g/mol. The van der Waals surface area contributed by atoms with E-state index >= 15 is 0 Å². The molecule has 2 rings (SSSR count). The zero-order chi connectivity index (χ0) is 11.5. The van der Waals surface area contributed by atoms with Crippen molar-refractivity contribution in [2.24, 2.45) is 0 Å². The highest BCUT2D eigenvalue weighted by molar-refractivity contribution is 5.35. The van der Waals surface area contributed by atoms with Gasteiger partial charge in [-0.15, -0.1) is 0 Å². The zero-order valence-electron chi connectivity index (χ0n) is 10.2. The van der Waals surface area contributed by atoms with Crippen molar-refractivity contribution in [1.29, 1.82) is 0 Å². The summed E-state index contributed by atoms with van der Waals surface area (Å²) in [5, 5.41) is 0. The molecule has 0 unspecified atom stereocenters. The molecule has 0 saturated heterocycles. The quantitative estimate of drug-likeness (QED) is 0.758. The normalized spacial score (nSPS) is 16.5. The fourth-order valence-electron chi connectivity index (χ4n) is 2.30. The molecule has 0 bridgehead atoms. The maximum absolute atomic E-state index is 12.3. The van der Waals surface area contributed by atoms with E-state index in [0.29, 0.717) is 12.5 Å². The first-order valence-corrected chi connectivity index (χ1v) is 6.10. The predicted molar refractivity (Wildman–Crippen MR) is 65.5 cm³/mol. The summed E-state index contributed by atoms with van der Waals surface area (Å²) in [7, 11) is 0. The molecule has 0 aromatic heterocycles. The first-order valence-electron chi connectivity index (χ1n) is 6.10. The van der Waals surface area contributed by atoms with Gasteiger partial charge in [-0.2, -0.15) is 0 Å². The maximum Gasteiger partial charge on any atom is 0.102 e. The Morgan fingerprint density at radius 1 is 1.31 bits per heavy atom. The average molecular weight is 221 g/mol. The fourth-order valence-corrected chi connectivity index (χ4v) is 2.30. The number of alkyl halides is 1. The van der Waals surface area contributed by atoms with Crippen LogP contribution in [0, 0.1) is 0 Å². The minimum absolute atomic E-state index is 0.237. The van der Waals surface area contributed by atoms with Gasteiger partial charge in [0.2, 0.25) is 0 Å². The van der Waals surface area contributed by atoms with E-state index < -0.39 is 0 Å². The molecular weight excluding hydrogens is 201 g/mol. The van der Waals surface area contributed by atoms with E-state index in [2.05, 4.69) is 36.9 Å². The van der Waals surface area contributed by atoms with Crippen molar-refractivity contribution in [3.05, 3.63) is 34.9 Å². The molecule has 2 heteroatoms. The van der Waals surface area contributed by atoms with Gasteiger partial charge in [0, 0.05) is 19.6 Å². The molecule has 0 amide bonds. The third kappa shape index (κ3) is 2.43. The second-order valence-electron chi connectivity index (χ2n) is 4.90. The van der Waals surface area contributed by atoms with Gasteiger partial charge in [-0.25, -0.2) is 4.39 Å². The number of rotatable bonds is 3. The number of hydrogen-bond donors (Lipinski definition) is 0. The highest BCUT2D eigenvalue weighted by Gasteiger charge is 2.16. The van der Waals surface area contributed by atoms with Crippen LogP contribution < -0.4 is 0 Å². The third-order valence-corrected chi connectivity index (χ3v) is 3.39. The van der Waals surface area contributed by atoms with E-state index in [-0.39, 0.29) is 6.67 Å². The van der Waals surface area contributed by atoms with E-state index in [1.54, 1.807) is 0 Å². The Labute approximate surface area is 97.3 Å². The molecule has 0 radical (unpaired) electrons. The van der Waals surface area contributed by atoms with Crippen molar-refractivity contribution in [1.82, 2.24) is 4.90 Å². The second kappa shape index (κ2) is 4.96. The van der Waals surface area contributed by atoms with Gasteiger partial charge in [0.05, 0.1) is 0 Å². The summed E-state index contributed by atoms with van der Waals surface area (Å²) in [5.74, 6) is 0.571. The fraction of sp³-hybridized carbons (Fsp3) is 0.571. The second-order valence-corrected chi connectivity index (χ2v) is 4.90. The summed E-state index contributed by atoms with van der Waals surface area (Å²) in [4.78, 5) is 2.20. The third-order valence-electron chi connectivity index (χ3n) is 3.39. The smallest absolute Gasteiger partial charge is 0.102 e. The van der Waals surface area contributed by atoms with Crippen LogP contribution in [0.15, 0.2) is 18.2 Å². The maximum atomic E-state index is 12.3. The van der Waals surface area contributed by atoms with Gasteiger partial charge >= 0.3 is 0 Å². The highest BCUT2D eigenvalue weighted by Crippen LogP contribution is 2.23. The lowest BCUT2D eigenvalue weighted by Gasteiger charge is -2.28. The Morgan fingerprint density at radius 2 is 2.12 bits per heavy atom. The number of benzene rings is 1. The Morgan fingerprint density at radius 3 is 2.81 bits per heavy atom. The molecule has 0 fully saturated rings. The molecule has 0 aliphatic carbocycles. The first-order chi connectivity index (χ1) is 7.70. The minimum atomic E-state index is -0.237. The Bertz CT molecular complexity index is 360. The van der Waals surface area contributed by atoms with Gasteiger partial charge in [0.25, 0.3) is 0 Å². The van der Waals surface area contributed by atoms with Crippen LogP contribution >= 0.6 is 0 Å². The molecule has 88 valence electrons. The van der Waals surface area contributed by atoms with Gasteiger partial charge < -0.3 is 0 Å². The van der Waals surface area contributed by atoms with Crippen LogP contribution in [0.1, 0.15) is 36.5 Å². The van der Waals surface area contributed by atoms with Crippen molar-refractivity contribution in [2.75, 3.05) is 19.8 Å². The van der Waals surface area contributed by atoms with Crippen LogP contribution in [-0.4, -0.2) is 24.7 Å². The molecule has 1 aromatic rings. The number of halogens is 1.